The molecule has 1 rings (SSSR count). The van der Waals surface area contributed by atoms with E-state index in [1.807, 2.05) is 6.07 Å². The van der Waals surface area contributed by atoms with Crippen LogP contribution in [0.5, 0.6) is 0 Å². The zero-order valence-corrected chi connectivity index (χ0v) is 12.2. The van der Waals surface area contributed by atoms with E-state index in [1.165, 1.54) is 5.56 Å². The molecule has 1 aromatic carbocycles. The van der Waals surface area contributed by atoms with Crippen molar-refractivity contribution < 1.29 is 9.84 Å². The first-order valence-electron chi connectivity index (χ1n) is 7.35. The van der Waals surface area contributed by atoms with E-state index in [4.69, 9.17) is 4.74 Å². The van der Waals surface area contributed by atoms with Gasteiger partial charge < -0.3 is 15.2 Å². The Kier molecular flexibility index (Phi) is 8.26. The zero-order valence-electron chi connectivity index (χ0n) is 12.2. The quantitative estimate of drug-likeness (QED) is 0.638. The molecule has 0 aromatic heterocycles. The van der Waals surface area contributed by atoms with Gasteiger partial charge in [-0.15, -0.1) is 0 Å². The van der Waals surface area contributed by atoms with Crippen molar-refractivity contribution in [1.29, 1.82) is 0 Å². The molecule has 0 saturated heterocycles. The molecular weight excluding hydrogens is 238 g/mol. The summed E-state index contributed by atoms with van der Waals surface area (Å²) in [7, 11) is 0. The third-order valence-electron chi connectivity index (χ3n) is 3.02. The molecule has 0 aliphatic carbocycles. The van der Waals surface area contributed by atoms with Gasteiger partial charge in [-0.3, -0.25) is 0 Å². The minimum absolute atomic E-state index is 0.406. The Labute approximate surface area is 117 Å². The molecule has 0 bridgehead atoms. The van der Waals surface area contributed by atoms with E-state index in [2.05, 4.69) is 37.4 Å². The van der Waals surface area contributed by atoms with Gasteiger partial charge in [-0.2, -0.15) is 0 Å². The number of benzene rings is 1. The van der Waals surface area contributed by atoms with Crippen molar-refractivity contribution in [2.24, 2.45) is 0 Å². The van der Waals surface area contributed by atoms with E-state index in [1.54, 1.807) is 0 Å². The van der Waals surface area contributed by atoms with Gasteiger partial charge in [0.05, 0.1) is 12.7 Å². The molecule has 0 amide bonds. The highest BCUT2D eigenvalue weighted by Crippen LogP contribution is 2.16. The molecule has 1 atom stereocenters. The lowest BCUT2D eigenvalue weighted by Crippen LogP contribution is -2.25. The van der Waals surface area contributed by atoms with Gasteiger partial charge in [0.1, 0.15) is 0 Å². The fourth-order valence-electron chi connectivity index (χ4n) is 1.93. The molecule has 0 aliphatic rings. The SMILES string of the molecule is CCCCOCC(O)CNc1ccccc1CCC. The Morgan fingerprint density at radius 2 is 2.00 bits per heavy atom. The summed E-state index contributed by atoms with van der Waals surface area (Å²) in [6.07, 6.45) is 3.91. The number of hydrogen-bond acceptors (Lipinski definition) is 3. The lowest BCUT2D eigenvalue weighted by Gasteiger charge is -2.15. The van der Waals surface area contributed by atoms with Crippen LogP contribution in [0.25, 0.3) is 0 Å². The standard InChI is InChI=1S/C16H27NO2/c1-3-5-11-19-13-15(18)12-17-16-10-7-6-9-14(16)8-4-2/h6-7,9-10,15,17-18H,3-5,8,11-13H2,1-2H3. The molecule has 1 aromatic rings. The maximum Gasteiger partial charge on any atom is 0.0945 e. The molecular formula is C16H27NO2. The smallest absolute Gasteiger partial charge is 0.0945 e. The molecule has 108 valence electrons. The maximum atomic E-state index is 9.84. The molecule has 0 heterocycles. The number of unbranched alkanes of at least 4 members (excludes halogenated alkanes) is 1. The van der Waals surface area contributed by atoms with Crippen molar-refractivity contribution >= 4 is 5.69 Å². The summed E-state index contributed by atoms with van der Waals surface area (Å²) in [5.74, 6) is 0. The number of para-hydroxylation sites is 1. The van der Waals surface area contributed by atoms with E-state index in [-0.39, 0.29) is 0 Å². The lowest BCUT2D eigenvalue weighted by molar-refractivity contribution is 0.0421. The highest BCUT2D eigenvalue weighted by atomic mass is 16.5. The van der Waals surface area contributed by atoms with E-state index in [0.29, 0.717) is 13.2 Å². The van der Waals surface area contributed by atoms with E-state index >= 15 is 0 Å². The van der Waals surface area contributed by atoms with Crippen LogP contribution in [0.4, 0.5) is 5.69 Å². The first kappa shape index (κ1) is 16.0. The van der Waals surface area contributed by atoms with Crippen molar-refractivity contribution in [2.45, 2.75) is 45.6 Å². The highest BCUT2D eigenvalue weighted by molar-refractivity contribution is 5.51. The Morgan fingerprint density at radius 3 is 2.74 bits per heavy atom. The van der Waals surface area contributed by atoms with Gasteiger partial charge in [0.15, 0.2) is 0 Å². The number of aryl methyl sites for hydroxylation is 1. The van der Waals surface area contributed by atoms with Crippen LogP contribution >= 0.6 is 0 Å². The fourth-order valence-corrected chi connectivity index (χ4v) is 1.93. The van der Waals surface area contributed by atoms with Crippen LogP contribution in [-0.4, -0.2) is 31.0 Å². The van der Waals surface area contributed by atoms with Crippen molar-refractivity contribution in [3.05, 3.63) is 29.8 Å². The van der Waals surface area contributed by atoms with Crippen LogP contribution in [0.3, 0.4) is 0 Å². The molecule has 0 aliphatic heterocycles. The predicted octanol–water partition coefficient (Wildman–Crippen LogP) is 3.23. The number of ether oxygens (including phenoxy) is 1. The molecule has 2 N–H and O–H groups in total. The second-order valence-corrected chi connectivity index (χ2v) is 4.87. The average molecular weight is 265 g/mol. The molecule has 3 heteroatoms. The molecule has 1 unspecified atom stereocenters. The van der Waals surface area contributed by atoms with Crippen molar-refractivity contribution in [2.75, 3.05) is 25.1 Å². The van der Waals surface area contributed by atoms with Crippen molar-refractivity contribution in [3.63, 3.8) is 0 Å². The Hall–Kier alpha value is -1.06. The summed E-state index contributed by atoms with van der Waals surface area (Å²) >= 11 is 0. The summed E-state index contributed by atoms with van der Waals surface area (Å²) in [4.78, 5) is 0. The largest absolute Gasteiger partial charge is 0.389 e. The van der Waals surface area contributed by atoms with Gasteiger partial charge in [0.25, 0.3) is 0 Å². The van der Waals surface area contributed by atoms with Crippen molar-refractivity contribution in [1.82, 2.24) is 0 Å². The number of aliphatic hydroxyl groups excluding tert-OH is 1. The Bertz CT molecular complexity index is 341. The number of nitrogens with one attached hydrogen (secondary N) is 1. The first-order chi connectivity index (χ1) is 9.27. The molecule has 0 saturated carbocycles. The summed E-state index contributed by atoms with van der Waals surface area (Å²) in [6, 6.07) is 8.28. The second-order valence-electron chi connectivity index (χ2n) is 4.87. The predicted molar refractivity (Wildman–Crippen MR) is 80.7 cm³/mol. The van der Waals surface area contributed by atoms with Crippen LogP contribution in [0.15, 0.2) is 24.3 Å². The van der Waals surface area contributed by atoms with Gasteiger partial charge in [0.2, 0.25) is 0 Å². The van der Waals surface area contributed by atoms with Crippen LogP contribution in [0.2, 0.25) is 0 Å². The minimum atomic E-state index is -0.452. The fraction of sp³-hybridized carbons (Fsp3) is 0.625. The molecule has 0 spiro atoms. The number of rotatable bonds is 10. The Morgan fingerprint density at radius 1 is 1.21 bits per heavy atom. The number of hydrogen-bond donors (Lipinski definition) is 2. The molecule has 3 nitrogen and oxygen atoms in total. The normalized spacial score (nSPS) is 12.4. The second kappa shape index (κ2) is 9.82. The lowest BCUT2D eigenvalue weighted by atomic mass is 10.1. The molecule has 0 fully saturated rings. The summed E-state index contributed by atoms with van der Waals surface area (Å²) in [5.41, 5.74) is 2.43. The number of aliphatic hydroxyl groups is 1. The van der Waals surface area contributed by atoms with E-state index < -0.39 is 6.10 Å². The minimum Gasteiger partial charge on any atom is -0.389 e. The maximum absolute atomic E-state index is 9.84. The summed E-state index contributed by atoms with van der Waals surface area (Å²) in [5, 5.41) is 13.2. The van der Waals surface area contributed by atoms with Crippen LogP contribution in [0, 0.1) is 0 Å². The molecule has 0 radical (unpaired) electrons. The third-order valence-corrected chi connectivity index (χ3v) is 3.02. The van der Waals surface area contributed by atoms with Gasteiger partial charge in [-0.05, 0) is 24.5 Å². The monoisotopic (exact) mass is 265 g/mol. The summed E-state index contributed by atoms with van der Waals surface area (Å²) < 4.78 is 5.41. The summed E-state index contributed by atoms with van der Waals surface area (Å²) in [6.45, 7) is 5.98. The average Bonchev–Trinajstić information content (AvgIpc) is 2.43. The van der Waals surface area contributed by atoms with E-state index in [9.17, 15) is 5.11 Å². The van der Waals surface area contributed by atoms with Gasteiger partial charge in [0, 0.05) is 18.8 Å². The third kappa shape index (κ3) is 6.60. The van der Waals surface area contributed by atoms with Gasteiger partial charge >= 0.3 is 0 Å². The van der Waals surface area contributed by atoms with Gasteiger partial charge in [-0.1, -0.05) is 44.9 Å². The van der Waals surface area contributed by atoms with Gasteiger partial charge in [-0.25, -0.2) is 0 Å². The topological polar surface area (TPSA) is 41.5 Å². The zero-order chi connectivity index (χ0) is 13.9. The highest BCUT2D eigenvalue weighted by Gasteiger charge is 2.06. The van der Waals surface area contributed by atoms with Crippen LogP contribution in [0.1, 0.15) is 38.7 Å². The van der Waals surface area contributed by atoms with Crippen molar-refractivity contribution in [3.8, 4) is 0 Å². The number of anilines is 1. The molecule has 19 heavy (non-hydrogen) atoms. The Balaban J connectivity index is 2.31. The van der Waals surface area contributed by atoms with Crippen LogP contribution < -0.4 is 5.32 Å². The van der Waals surface area contributed by atoms with E-state index in [0.717, 1.165) is 38.0 Å². The first-order valence-corrected chi connectivity index (χ1v) is 7.35. The van der Waals surface area contributed by atoms with Crippen LogP contribution in [-0.2, 0) is 11.2 Å².